The highest BCUT2D eigenvalue weighted by Crippen LogP contribution is 2.21. The van der Waals surface area contributed by atoms with Crippen molar-refractivity contribution in [1.82, 2.24) is 4.98 Å². The molecule has 0 amide bonds. The number of carboxylic acids is 1. The number of hydrogen-bond donors (Lipinski definition) is 2. The number of hydrogen-bond acceptors (Lipinski definition) is 5. The van der Waals surface area contributed by atoms with E-state index in [2.05, 4.69) is 11.9 Å². The smallest absolute Gasteiger partial charge is 0.320 e. The Hall–Kier alpha value is -0.590. The maximum atomic E-state index is 10.5. The van der Waals surface area contributed by atoms with Crippen LogP contribution in [-0.4, -0.2) is 27.9 Å². The van der Waals surface area contributed by atoms with E-state index in [1.54, 1.807) is 23.1 Å². The minimum absolute atomic E-state index is 0.503. The lowest BCUT2D eigenvalue weighted by Gasteiger charge is -2.04. The third-order valence-corrected chi connectivity index (χ3v) is 4.45. The number of nitrogens with two attached hydrogens (primary N) is 1. The van der Waals surface area contributed by atoms with Crippen molar-refractivity contribution in [3.05, 3.63) is 15.6 Å². The van der Waals surface area contributed by atoms with Crippen LogP contribution in [-0.2, 0) is 10.5 Å². The molecule has 1 aromatic heterocycles. The van der Waals surface area contributed by atoms with E-state index in [9.17, 15) is 4.79 Å². The molecule has 0 aromatic carbocycles. The molecular weight excluding hydrogens is 244 g/mol. The van der Waals surface area contributed by atoms with Gasteiger partial charge in [-0.15, -0.1) is 11.3 Å². The molecule has 1 unspecified atom stereocenters. The molecule has 0 bridgehead atoms. The number of carboxylic acid groups (broad SMARTS) is 1. The molecule has 1 aromatic rings. The zero-order valence-corrected chi connectivity index (χ0v) is 11.0. The van der Waals surface area contributed by atoms with Crippen molar-refractivity contribution in [1.29, 1.82) is 0 Å². The summed E-state index contributed by atoms with van der Waals surface area (Å²) in [6.07, 6.45) is 0.503. The average Bonchev–Trinajstić information content (AvgIpc) is 2.53. The Balaban J connectivity index is 2.23. The lowest BCUT2D eigenvalue weighted by atomic mass is 10.2. The standard InChI is InChI=1S/C10H16N2O2S2/c1-6-7(2)16-9(12-6)5-15-4-3-8(11)10(13)14/h8H,3-5,11H2,1-2H3,(H,13,14). The SMILES string of the molecule is Cc1nc(CSCCC(N)C(=O)O)sc1C. The van der Waals surface area contributed by atoms with E-state index in [0.29, 0.717) is 6.42 Å². The molecular formula is C10H16N2O2S2. The van der Waals surface area contributed by atoms with Gasteiger partial charge in [-0.25, -0.2) is 4.98 Å². The van der Waals surface area contributed by atoms with Crippen molar-refractivity contribution in [3.63, 3.8) is 0 Å². The second kappa shape index (κ2) is 6.22. The van der Waals surface area contributed by atoms with E-state index >= 15 is 0 Å². The lowest BCUT2D eigenvalue weighted by molar-refractivity contribution is -0.138. The molecule has 1 heterocycles. The van der Waals surface area contributed by atoms with E-state index in [1.807, 2.05) is 6.92 Å². The number of aliphatic carboxylic acids is 1. The first-order chi connectivity index (χ1) is 7.50. The minimum Gasteiger partial charge on any atom is -0.480 e. The first kappa shape index (κ1) is 13.5. The van der Waals surface area contributed by atoms with E-state index in [4.69, 9.17) is 10.8 Å². The monoisotopic (exact) mass is 260 g/mol. The summed E-state index contributed by atoms with van der Waals surface area (Å²) in [5.74, 6) is 0.665. The van der Waals surface area contributed by atoms with E-state index in [1.165, 1.54) is 4.88 Å². The van der Waals surface area contributed by atoms with Crippen molar-refractivity contribution in [2.75, 3.05) is 5.75 Å². The number of rotatable bonds is 6. The number of aryl methyl sites for hydroxylation is 2. The van der Waals surface area contributed by atoms with Gasteiger partial charge in [0.25, 0.3) is 0 Å². The number of carbonyl (C=O) groups is 1. The van der Waals surface area contributed by atoms with E-state index in [0.717, 1.165) is 22.2 Å². The summed E-state index contributed by atoms with van der Waals surface area (Å²) >= 11 is 3.38. The van der Waals surface area contributed by atoms with Gasteiger partial charge in [0, 0.05) is 10.6 Å². The van der Waals surface area contributed by atoms with Crippen LogP contribution >= 0.6 is 23.1 Å². The average molecular weight is 260 g/mol. The van der Waals surface area contributed by atoms with Crippen molar-refractivity contribution < 1.29 is 9.90 Å². The molecule has 1 atom stereocenters. The summed E-state index contributed by atoms with van der Waals surface area (Å²) in [5, 5.41) is 9.69. The summed E-state index contributed by atoms with van der Waals surface area (Å²) < 4.78 is 0. The largest absolute Gasteiger partial charge is 0.480 e. The van der Waals surface area contributed by atoms with Gasteiger partial charge in [0.15, 0.2) is 0 Å². The lowest BCUT2D eigenvalue weighted by Crippen LogP contribution is -2.30. The van der Waals surface area contributed by atoms with Gasteiger partial charge >= 0.3 is 5.97 Å². The first-order valence-electron chi connectivity index (χ1n) is 4.99. The van der Waals surface area contributed by atoms with Gasteiger partial charge in [-0.3, -0.25) is 4.79 Å². The summed E-state index contributed by atoms with van der Waals surface area (Å²) in [7, 11) is 0. The zero-order valence-electron chi connectivity index (χ0n) is 9.40. The second-order valence-corrected chi connectivity index (χ2v) is 5.93. The Labute approximate surface area is 103 Å². The van der Waals surface area contributed by atoms with Crippen LogP contribution in [0.2, 0.25) is 0 Å². The quantitative estimate of drug-likeness (QED) is 0.763. The van der Waals surface area contributed by atoms with Crippen LogP contribution in [0.1, 0.15) is 22.0 Å². The van der Waals surface area contributed by atoms with Crippen LogP contribution in [0.4, 0.5) is 0 Å². The zero-order chi connectivity index (χ0) is 12.1. The van der Waals surface area contributed by atoms with E-state index in [-0.39, 0.29) is 0 Å². The van der Waals surface area contributed by atoms with Gasteiger partial charge in [0.05, 0.1) is 5.69 Å². The van der Waals surface area contributed by atoms with Crippen molar-refractivity contribution in [2.24, 2.45) is 5.73 Å². The molecule has 0 aliphatic rings. The molecule has 0 fully saturated rings. The Morgan fingerprint density at radius 3 is 2.81 bits per heavy atom. The number of thiazole rings is 1. The highest BCUT2D eigenvalue weighted by atomic mass is 32.2. The molecule has 0 saturated carbocycles. The minimum atomic E-state index is -0.929. The third-order valence-electron chi connectivity index (χ3n) is 2.19. The Bertz CT molecular complexity index is 346. The summed E-state index contributed by atoms with van der Waals surface area (Å²) in [5.41, 5.74) is 6.48. The summed E-state index contributed by atoms with van der Waals surface area (Å²) in [6, 6.07) is -0.743. The highest BCUT2D eigenvalue weighted by Gasteiger charge is 2.10. The van der Waals surface area contributed by atoms with Gasteiger partial charge in [-0.1, -0.05) is 0 Å². The Morgan fingerprint density at radius 2 is 2.31 bits per heavy atom. The molecule has 0 aliphatic carbocycles. The van der Waals surface area contributed by atoms with Crippen LogP contribution in [0.15, 0.2) is 0 Å². The third kappa shape index (κ3) is 4.11. The second-order valence-electron chi connectivity index (χ2n) is 3.54. The highest BCUT2D eigenvalue weighted by molar-refractivity contribution is 7.98. The van der Waals surface area contributed by atoms with Crippen molar-refractivity contribution in [3.8, 4) is 0 Å². The predicted octanol–water partition coefficient (Wildman–Crippen LogP) is 1.80. The van der Waals surface area contributed by atoms with Gasteiger partial charge < -0.3 is 10.8 Å². The van der Waals surface area contributed by atoms with Gasteiger partial charge in [0.1, 0.15) is 11.0 Å². The molecule has 0 saturated heterocycles. The Kier molecular flexibility index (Phi) is 5.24. The van der Waals surface area contributed by atoms with Gasteiger partial charge in [0.2, 0.25) is 0 Å². The fourth-order valence-electron chi connectivity index (χ4n) is 1.09. The summed E-state index contributed by atoms with van der Waals surface area (Å²) in [6.45, 7) is 4.06. The topological polar surface area (TPSA) is 76.2 Å². The summed E-state index contributed by atoms with van der Waals surface area (Å²) in [4.78, 5) is 16.1. The van der Waals surface area contributed by atoms with Crippen LogP contribution in [0.5, 0.6) is 0 Å². The molecule has 0 spiro atoms. The van der Waals surface area contributed by atoms with Gasteiger partial charge in [-0.2, -0.15) is 11.8 Å². The maximum Gasteiger partial charge on any atom is 0.320 e. The molecule has 4 nitrogen and oxygen atoms in total. The number of nitrogens with zero attached hydrogens (tertiary/aromatic N) is 1. The number of aromatic nitrogens is 1. The number of thioether (sulfide) groups is 1. The van der Waals surface area contributed by atoms with Crippen molar-refractivity contribution in [2.45, 2.75) is 32.1 Å². The fourth-order valence-corrected chi connectivity index (χ4v) is 3.11. The van der Waals surface area contributed by atoms with Crippen molar-refractivity contribution >= 4 is 29.1 Å². The maximum absolute atomic E-state index is 10.5. The van der Waals surface area contributed by atoms with E-state index < -0.39 is 12.0 Å². The molecule has 0 radical (unpaired) electrons. The van der Waals surface area contributed by atoms with Crippen LogP contribution in [0.3, 0.4) is 0 Å². The predicted molar refractivity (Wildman–Crippen MR) is 68.0 cm³/mol. The molecule has 1 rings (SSSR count). The van der Waals surface area contributed by atoms with Crippen LogP contribution in [0, 0.1) is 13.8 Å². The van der Waals surface area contributed by atoms with Gasteiger partial charge in [-0.05, 0) is 26.0 Å². The molecule has 3 N–H and O–H groups in total. The molecule has 0 aliphatic heterocycles. The van der Waals surface area contributed by atoms with Crippen LogP contribution < -0.4 is 5.73 Å². The van der Waals surface area contributed by atoms with Crippen LogP contribution in [0.25, 0.3) is 0 Å². The first-order valence-corrected chi connectivity index (χ1v) is 6.97. The molecule has 16 heavy (non-hydrogen) atoms. The molecule has 6 heteroatoms. The fraction of sp³-hybridized carbons (Fsp3) is 0.600. The molecule has 90 valence electrons. The normalized spacial score (nSPS) is 12.7. The Morgan fingerprint density at radius 1 is 1.62 bits per heavy atom.